The van der Waals surface area contributed by atoms with Gasteiger partial charge in [0, 0.05) is 47.9 Å². The Morgan fingerprint density at radius 2 is 1.86 bits per heavy atom. The summed E-state index contributed by atoms with van der Waals surface area (Å²) in [6.07, 6.45) is 0. The van der Waals surface area contributed by atoms with E-state index in [1.165, 1.54) is 19.1 Å². The third kappa shape index (κ3) is 9.88. The van der Waals surface area contributed by atoms with Crippen molar-refractivity contribution in [2.24, 2.45) is 0 Å². The smallest absolute Gasteiger partial charge is 0.372 e. The molecule has 21 heavy (non-hydrogen) atoms. The minimum Gasteiger partial charge on any atom is -0.418 e. The van der Waals surface area contributed by atoms with Crippen molar-refractivity contribution in [3.05, 3.63) is 24.3 Å². The van der Waals surface area contributed by atoms with E-state index in [2.05, 4.69) is 5.32 Å². The first-order valence-electron chi connectivity index (χ1n) is 5.44. The second kappa shape index (κ2) is 9.44. The van der Waals surface area contributed by atoms with Crippen molar-refractivity contribution in [1.29, 1.82) is 0 Å². The molecule has 0 aliphatic carbocycles. The van der Waals surface area contributed by atoms with Crippen molar-refractivity contribution >= 4 is 68.3 Å². The van der Waals surface area contributed by atoms with Crippen LogP contribution in [0.15, 0.2) is 24.3 Å². The van der Waals surface area contributed by atoms with E-state index in [1.807, 2.05) is 0 Å². The first-order chi connectivity index (χ1) is 9.26. The zero-order chi connectivity index (χ0) is 15.2. The molecule has 2 N–H and O–H groups in total. The molecule has 0 aliphatic heterocycles. The number of ether oxygens (including phenoxy) is 1. The zero-order valence-corrected chi connectivity index (χ0v) is 15.2. The van der Waals surface area contributed by atoms with Gasteiger partial charge in [-0.3, -0.25) is 9.35 Å². The van der Waals surface area contributed by atoms with E-state index in [0.29, 0.717) is 17.4 Å². The Morgan fingerprint density at radius 3 is 2.33 bits per heavy atom. The second-order valence-corrected chi connectivity index (χ2v) is 6.29. The van der Waals surface area contributed by atoms with E-state index in [4.69, 9.17) is 9.29 Å². The molecule has 1 amide bonds. The summed E-state index contributed by atoms with van der Waals surface area (Å²) in [4.78, 5) is 22.2. The molecular formula is C11H13NNaO6S2. The minimum absolute atomic E-state index is 0. The molecule has 0 heterocycles. The van der Waals surface area contributed by atoms with Gasteiger partial charge in [-0.25, -0.2) is 4.79 Å². The van der Waals surface area contributed by atoms with Crippen molar-refractivity contribution in [3.8, 4) is 5.75 Å². The molecule has 0 spiro atoms. The summed E-state index contributed by atoms with van der Waals surface area (Å²) >= 11 is 0.643. The van der Waals surface area contributed by atoms with Crippen molar-refractivity contribution in [3.63, 3.8) is 0 Å². The van der Waals surface area contributed by atoms with Gasteiger partial charge in [0.15, 0.2) is 0 Å². The van der Waals surface area contributed by atoms with Crippen LogP contribution in [-0.2, 0) is 14.9 Å². The van der Waals surface area contributed by atoms with Gasteiger partial charge in [0.2, 0.25) is 5.91 Å². The average Bonchev–Trinajstić information content (AvgIpc) is 2.29. The summed E-state index contributed by atoms with van der Waals surface area (Å²) in [6.45, 7) is 1.37. The number of carbonyl (C=O) groups is 2. The van der Waals surface area contributed by atoms with E-state index in [0.717, 1.165) is 0 Å². The maximum absolute atomic E-state index is 11.4. The Balaban J connectivity index is 0.00000400. The summed E-state index contributed by atoms with van der Waals surface area (Å²) in [5.41, 5.74) is 0.566. The standard InChI is InChI=1S/C11H13NO6S2.Na/c1-8(13)12-9-2-4-10(5-3-9)18-11(14)19-6-7-20(15,16)17;/h2-5H,6-7H2,1H3,(H,12,13)(H,15,16,17);. The van der Waals surface area contributed by atoms with Crippen LogP contribution in [0.3, 0.4) is 0 Å². The fraction of sp³-hybridized carbons (Fsp3) is 0.273. The SMILES string of the molecule is CC(=O)Nc1ccc(OC(=O)SCCS(=O)(=O)O)cc1.[Na]. The van der Waals surface area contributed by atoms with Crippen LogP contribution in [0.5, 0.6) is 5.75 Å². The molecule has 0 aromatic heterocycles. The zero-order valence-electron chi connectivity index (χ0n) is 11.5. The third-order valence-electron chi connectivity index (χ3n) is 1.94. The maximum atomic E-state index is 11.4. The molecule has 1 aromatic rings. The van der Waals surface area contributed by atoms with E-state index in [1.54, 1.807) is 12.1 Å². The van der Waals surface area contributed by atoms with Gasteiger partial charge in [-0.05, 0) is 36.0 Å². The van der Waals surface area contributed by atoms with Gasteiger partial charge in [-0.1, -0.05) is 0 Å². The van der Waals surface area contributed by atoms with Crippen LogP contribution in [0.4, 0.5) is 10.5 Å². The Bertz CT molecular complexity index is 587. The summed E-state index contributed by atoms with van der Waals surface area (Å²) in [6, 6.07) is 6.11. The number of rotatable bonds is 5. The second-order valence-electron chi connectivity index (χ2n) is 3.69. The van der Waals surface area contributed by atoms with Gasteiger partial charge in [0.1, 0.15) is 5.75 Å². The van der Waals surface area contributed by atoms with Crippen LogP contribution < -0.4 is 10.1 Å². The fourth-order valence-corrected chi connectivity index (χ4v) is 2.66. The predicted molar refractivity (Wildman–Crippen MR) is 81.4 cm³/mol. The number of hydrogen-bond acceptors (Lipinski definition) is 6. The van der Waals surface area contributed by atoms with Crippen molar-refractivity contribution in [1.82, 2.24) is 0 Å². The molecule has 0 fully saturated rings. The largest absolute Gasteiger partial charge is 0.418 e. The Morgan fingerprint density at radius 1 is 1.29 bits per heavy atom. The summed E-state index contributed by atoms with van der Waals surface area (Å²) in [7, 11) is -4.08. The Hall–Kier alpha value is -0.580. The fourth-order valence-electron chi connectivity index (χ4n) is 1.17. The van der Waals surface area contributed by atoms with E-state index >= 15 is 0 Å². The molecule has 10 heteroatoms. The average molecular weight is 342 g/mol. The molecule has 111 valence electrons. The number of hydrogen-bond donors (Lipinski definition) is 2. The Kier molecular flexibility index (Phi) is 9.18. The third-order valence-corrected chi connectivity index (χ3v) is 3.64. The van der Waals surface area contributed by atoms with Gasteiger partial charge in [-0.2, -0.15) is 8.42 Å². The number of anilines is 1. The van der Waals surface area contributed by atoms with Gasteiger partial charge in [-0.15, -0.1) is 0 Å². The number of amides is 1. The number of thioether (sulfide) groups is 1. The summed E-state index contributed by atoms with van der Waals surface area (Å²) < 4.78 is 34.3. The summed E-state index contributed by atoms with van der Waals surface area (Å²) in [5.74, 6) is -0.561. The molecule has 1 aromatic carbocycles. The van der Waals surface area contributed by atoms with Gasteiger partial charge in [0.25, 0.3) is 10.1 Å². The molecule has 1 radical (unpaired) electrons. The molecule has 0 saturated carbocycles. The normalized spacial score (nSPS) is 10.4. The van der Waals surface area contributed by atoms with Crippen LogP contribution in [-0.4, -0.2) is 65.2 Å². The van der Waals surface area contributed by atoms with E-state index in [9.17, 15) is 18.0 Å². The topological polar surface area (TPSA) is 110 Å². The van der Waals surface area contributed by atoms with Crippen LogP contribution in [0.2, 0.25) is 0 Å². The van der Waals surface area contributed by atoms with E-state index in [-0.39, 0.29) is 47.0 Å². The Labute approximate surface area is 148 Å². The summed E-state index contributed by atoms with van der Waals surface area (Å²) in [5, 5.41) is 1.88. The van der Waals surface area contributed by atoms with Crippen molar-refractivity contribution < 1.29 is 27.3 Å². The van der Waals surface area contributed by atoms with Crippen molar-refractivity contribution in [2.75, 3.05) is 16.8 Å². The molecule has 0 bridgehead atoms. The maximum Gasteiger partial charge on any atom is 0.372 e. The number of carbonyl (C=O) groups excluding carboxylic acids is 2. The molecule has 7 nitrogen and oxygen atoms in total. The molecular weight excluding hydrogens is 329 g/mol. The number of nitrogens with one attached hydrogen (secondary N) is 1. The van der Waals surface area contributed by atoms with Crippen LogP contribution >= 0.6 is 11.8 Å². The number of benzene rings is 1. The van der Waals surface area contributed by atoms with Crippen LogP contribution in [0.1, 0.15) is 6.92 Å². The molecule has 0 saturated heterocycles. The van der Waals surface area contributed by atoms with Crippen LogP contribution in [0.25, 0.3) is 0 Å². The predicted octanol–water partition coefficient (Wildman–Crippen LogP) is 1.38. The van der Waals surface area contributed by atoms with Crippen molar-refractivity contribution in [2.45, 2.75) is 6.92 Å². The van der Waals surface area contributed by atoms with E-state index < -0.39 is 21.2 Å². The van der Waals surface area contributed by atoms with Gasteiger partial charge >= 0.3 is 5.30 Å². The molecule has 1 rings (SSSR count). The molecule has 0 atom stereocenters. The minimum atomic E-state index is -4.08. The molecule has 0 unspecified atom stereocenters. The van der Waals surface area contributed by atoms with Crippen LogP contribution in [0, 0.1) is 0 Å². The first kappa shape index (κ1) is 20.4. The first-order valence-corrected chi connectivity index (χ1v) is 8.03. The molecule has 0 aliphatic rings. The van der Waals surface area contributed by atoms with Gasteiger partial charge < -0.3 is 10.1 Å². The monoisotopic (exact) mass is 342 g/mol. The van der Waals surface area contributed by atoms with Gasteiger partial charge in [0.05, 0.1) is 5.75 Å². The quantitative estimate of drug-likeness (QED) is 0.472.